The maximum Gasteiger partial charge on any atom is 0.529 e. The van der Waals surface area contributed by atoms with E-state index >= 15 is 0 Å². The van der Waals surface area contributed by atoms with Crippen LogP contribution in [0, 0.1) is 0 Å². The minimum Gasteiger partial charge on any atom is -0.408 e. The fourth-order valence-electron chi connectivity index (χ4n) is 2.34. The summed E-state index contributed by atoms with van der Waals surface area (Å²) >= 11 is 0. The summed E-state index contributed by atoms with van der Waals surface area (Å²) in [5.41, 5.74) is 1.30. The van der Waals surface area contributed by atoms with Crippen LogP contribution in [0.15, 0.2) is 11.3 Å². The van der Waals surface area contributed by atoms with E-state index in [0.717, 1.165) is 31.7 Å². The lowest BCUT2D eigenvalue weighted by Crippen LogP contribution is -2.45. The molecule has 1 aliphatic heterocycles. The monoisotopic (exact) mass is 319 g/mol. The van der Waals surface area contributed by atoms with E-state index in [4.69, 9.17) is 13.6 Å². The first kappa shape index (κ1) is 18.7. The molecule has 0 bridgehead atoms. The molecule has 0 saturated heterocycles. The van der Waals surface area contributed by atoms with Crippen molar-refractivity contribution >= 4 is 7.82 Å². The summed E-state index contributed by atoms with van der Waals surface area (Å²) in [4.78, 5) is 2.41. The van der Waals surface area contributed by atoms with Crippen LogP contribution in [0.5, 0.6) is 0 Å². The van der Waals surface area contributed by atoms with Gasteiger partial charge in [0.1, 0.15) is 5.76 Å². The van der Waals surface area contributed by atoms with E-state index in [0.29, 0.717) is 13.2 Å². The van der Waals surface area contributed by atoms with E-state index < -0.39 is 7.82 Å². The van der Waals surface area contributed by atoms with Crippen molar-refractivity contribution in [3.8, 4) is 0 Å². The average Bonchev–Trinajstić information content (AvgIpc) is 2.38. The molecule has 0 saturated carbocycles. The first-order valence-electron chi connectivity index (χ1n) is 7.80. The molecule has 0 unspecified atom stereocenters. The first-order chi connectivity index (χ1) is 9.75. The molecule has 124 valence electrons. The summed E-state index contributed by atoms with van der Waals surface area (Å²) in [6, 6.07) is 0. The second-order valence-electron chi connectivity index (χ2n) is 6.10. The molecule has 0 atom stereocenters. The van der Waals surface area contributed by atoms with Gasteiger partial charge in [0.25, 0.3) is 0 Å². The maximum absolute atomic E-state index is 12.5. The molecule has 0 N–H and O–H groups in total. The van der Waals surface area contributed by atoms with Crippen molar-refractivity contribution in [3.63, 3.8) is 0 Å². The molecule has 21 heavy (non-hydrogen) atoms. The Labute approximate surface area is 129 Å². The molecular formula is C15H30NO4P. The predicted molar refractivity (Wildman–Crippen MR) is 85.2 cm³/mol. The molecule has 0 amide bonds. The quantitative estimate of drug-likeness (QED) is 0.653. The molecule has 0 aliphatic carbocycles. The smallest absolute Gasteiger partial charge is 0.408 e. The summed E-state index contributed by atoms with van der Waals surface area (Å²) in [5.74, 6) is 0.781. The lowest BCUT2D eigenvalue weighted by Gasteiger charge is -2.40. The summed E-state index contributed by atoms with van der Waals surface area (Å²) in [5, 5.41) is 0. The highest BCUT2D eigenvalue weighted by Gasteiger charge is 2.33. The van der Waals surface area contributed by atoms with Gasteiger partial charge in [-0.3, -0.25) is 13.9 Å². The average molecular weight is 319 g/mol. The second kappa shape index (κ2) is 7.77. The first-order valence-corrected chi connectivity index (χ1v) is 9.26. The van der Waals surface area contributed by atoms with Gasteiger partial charge in [-0.1, -0.05) is 6.92 Å². The van der Waals surface area contributed by atoms with Gasteiger partial charge in [0.05, 0.1) is 13.2 Å². The lowest BCUT2D eigenvalue weighted by atomic mass is 9.98. The second-order valence-corrected chi connectivity index (χ2v) is 7.69. The molecule has 0 aromatic heterocycles. The highest BCUT2D eigenvalue weighted by molar-refractivity contribution is 7.48. The standard InChI is InChI=1S/C15H30NO4P/c1-7-13-12-16(15(4,5)6)11-10-14(13)20-21(17,18-8-2)19-9-3/h7-12H2,1-6H3. The van der Waals surface area contributed by atoms with Crippen molar-refractivity contribution in [3.05, 3.63) is 11.3 Å². The SMILES string of the molecule is CCOP(=O)(OCC)OC1=C(CC)CN(C(C)(C)C)CC1. The molecule has 0 aromatic rings. The van der Waals surface area contributed by atoms with Gasteiger partial charge in [0.2, 0.25) is 0 Å². The Hall–Kier alpha value is -0.350. The molecule has 6 heteroatoms. The van der Waals surface area contributed by atoms with Gasteiger partial charge in [0, 0.05) is 25.0 Å². The van der Waals surface area contributed by atoms with E-state index in [-0.39, 0.29) is 5.54 Å². The van der Waals surface area contributed by atoms with Crippen molar-refractivity contribution in [2.24, 2.45) is 0 Å². The molecule has 0 spiro atoms. The van der Waals surface area contributed by atoms with Gasteiger partial charge in [-0.2, -0.15) is 0 Å². The van der Waals surface area contributed by atoms with Gasteiger partial charge in [0.15, 0.2) is 0 Å². The van der Waals surface area contributed by atoms with Crippen LogP contribution in [0.3, 0.4) is 0 Å². The van der Waals surface area contributed by atoms with Crippen molar-refractivity contribution in [2.75, 3.05) is 26.3 Å². The van der Waals surface area contributed by atoms with Crippen LogP contribution < -0.4 is 0 Å². The van der Waals surface area contributed by atoms with Crippen LogP contribution in [-0.4, -0.2) is 36.7 Å². The number of phosphoric acid groups is 1. The van der Waals surface area contributed by atoms with E-state index in [1.807, 2.05) is 0 Å². The minimum absolute atomic E-state index is 0.121. The number of hydrogen-bond donors (Lipinski definition) is 0. The van der Waals surface area contributed by atoms with Gasteiger partial charge in [-0.25, -0.2) is 4.57 Å². The normalized spacial score (nSPS) is 18.2. The number of phosphoric ester groups is 1. The zero-order chi connectivity index (χ0) is 16.1. The predicted octanol–water partition coefficient (Wildman–Crippen LogP) is 4.35. The maximum atomic E-state index is 12.5. The lowest BCUT2D eigenvalue weighted by molar-refractivity contribution is 0.111. The molecule has 0 aromatic carbocycles. The molecule has 5 nitrogen and oxygen atoms in total. The van der Waals surface area contributed by atoms with Crippen molar-refractivity contribution < 1.29 is 18.1 Å². The Morgan fingerprint density at radius 3 is 2.14 bits per heavy atom. The Bertz CT molecular complexity index is 404. The number of rotatable bonds is 7. The van der Waals surface area contributed by atoms with E-state index in [9.17, 15) is 4.57 Å². The van der Waals surface area contributed by atoms with E-state index in [2.05, 4.69) is 32.6 Å². The Morgan fingerprint density at radius 1 is 1.14 bits per heavy atom. The summed E-state index contributed by atoms with van der Waals surface area (Å²) in [6.07, 6.45) is 1.62. The Kier molecular flexibility index (Phi) is 6.92. The van der Waals surface area contributed by atoms with Crippen LogP contribution in [0.4, 0.5) is 0 Å². The van der Waals surface area contributed by atoms with Gasteiger partial charge in [-0.15, -0.1) is 0 Å². The summed E-state index contributed by atoms with van der Waals surface area (Å²) < 4.78 is 28.6. The van der Waals surface area contributed by atoms with Crippen LogP contribution in [0.1, 0.15) is 54.4 Å². The third-order valence-electron chi connectivity index (χ3n) is 3.56. The number of hydrogen-bond acceptors (Lipinski definition) is 5. The molecule has 0 fully saturated rings. The topological polar surface area (TPSA) is 48.0 Å². The third-order valence-corrected chi connectivity index (χ3v) is 5.15. The van der Waals surface area contributed by atoms with Crippen molar-refractivity contribution in [1.82, 2.24) is 4.90 Å². The zero-order valence-corrected chi connectivity index (χ0v) is 15.2. The van der Waals surface area contributed by atoms with Crippen molar-refractivity contribution in [1.29, 1.82) is 0 Å². The van der Waals surface area contributed by atoms with Gasteiger partial charge in [-0.05, 0) is 46.6 Å². The minimum atomic E-state index is -3.48. The molecule has 1 rings (SSSR count). The van der Waals surface area contributed by atoms with E-state index in [1.54, 1.807) is 13.8 Å². The number of nitrogens with zero attached hydrogens (tertiary/aromatic N) is 1. The Balaban J connectivity index is 2.89. The largest absolute Gasteiger partial charge is 0.529 e. The molecule has 0 radical (unpaired) electrons. The van der Waals surface area contributed by atoms with Crippen LogP contribution >= 0.6 is 7.82 Å². The van der Waals surface area contributed by atoms with E-state index in [1.165, 1.54) is 5.57 Å². The van der Waals surface area contributed by atoms with Gasteiger partial charge < -0.3 is 4.52 Å². The van der Waals surface area contributed by atoms with Crippen LogP contribution in [0.25, 0.3) is 0 Å². The molecule has 1 aliphatic rings. The summed E-state index contributed by atoms with van der Waals surface area (Å²) in [6.45, 7) is 14.6. The van der Waals surface area contributed by atoms with Crippen molar-refractivity contribution in [2.45, 2.75) is 59.9 Å². The van der Waals surface area contributed by atoms with Crippen LogP contribution in [-0.2, 0) is 18.1 Å². The highest BCUT2D eigenvalue weighted by atomic mass is 31.2. The van der Waals surface area contributed by atoms with Crippen LogP contribution in [0.2, 0.25) is 0 Å². The summed E-state index contributed by atoms with van der Waals surface area (Å²) in [7, 11) is -3.48. The van der Waals surface area contributed by atoms with Gasteiger partial charge >= 0.3 is 7.82 Å². The Morgan fingerprint density at radius 2 is 1.71 bits per heavy atom. The molecular weight excluding hydrogens is 289 g/mol. The fourth-order valence-corrected chi connectivity index (χ4v) is 3.65. The fraction of sp³-hybridized carbons (Fsp3) is 0.867. The molecule has 1 heterocycles. The highest BCUT2D eigenvalue weighted by Crippen LogP contribution is 2.52. The third kappa shape index (κ3) is 5.41. The zero-order valence-electron chi connectivity index (χ0n) is 14.3.